The highest BCUT2D eigenvalue weighted by Crippen LogP contribution is 2.23. The summed E-state index contributed by atoms with van der Waals surface area (Å²) in [4.78, 5) is 0. The van der Waals surface area contributed by atoms with Gasteiger partial charge in [-0.3, -0.25) is 0 Å². The number of hydrogen-bond acceptors (Lipinski definition) is 1. The van der Waals surface area contributed by atoms with E-state index in [1.165, 1.54) is 43.0 Å². The molecule has 1 aliphatic rings. The molecular weight excluding hydrogens is 244 g/mol. The fourth-order valence-corrected chi connectivity index (χ4v) is 3.49. The monoisotopic (exact) mass is 270 g/mol. The van der Waals surface area contributed by atoms with E-state index in [2.05, 4.69) is 53.3 Å². The molecule has 0 aliphatic heterocycles. The largest absolute Gasteiger partial charge is 0.347 e. The minimum atomic E-state index is 0.755. The van der Waals surface area contributed by atoms with Gasteiger partial charge in [-0.25, -0.2) is 0 Å². The van der Waals surface area contributed by atoms with Gasteiger partial charge in [0.2, 0.25) is 0 Å². The summed E-state index contributed by atoms with van der Waals surface area (Å²) in [6, 6.07) is 11.6. The van der Waals surface area contributed by atoms with Crippen LogP contribution in [0, 0.1) is 5.92 Å². The maximum absolute atomic E-state index is 3.77. The molecule has 0 spiro atoms. The average molecular weight is 270 g/mol. The lowest BCUT2D eigenvalue weighted by atomic mass is 9.86. The fraction of sp³-hybridized carbons (Fsp3) is 0.556. The number of hydrogen-bond donors (Lipinski definition) is 1. The number of fused-ring (bicyclic) bond motifs is 1. The van der Waals surface area contributed by atoms with E-state index < -0.39 is 0 Å². The summed E-state index contributed by atoms with van der Waals surface area (Å²) >= 11 is 0. The Bertz CT molecular complexity index is 543. The Hall–Kier alpha value is -1.28. The van der Waals surface area contributed by atoms with Gasteiger partial charge in [0.15, 0.2) is 0 Å². The number of para-hydroxylation sites is 1. The summed E-state index contributed by atoms with van der Waals surface area (Å²) in [6.07, 6.45) is 9.03. The quantitative estimate of drug-likeness (QED) is 0.806. The molecule has 1 aromatic heterocycles. The first-order valence-electron chi connectivity index (χ1n) is 8.12. The highest BCUT2D eigenvalue weighted by molar-refractivity contribution is 5.79. The molecule has 2 atom stereocenters. The second-order valence-corrected chi connectivity index (χ2v) is 6.24. The fourth-order valence-electron chi connectivity index (χ4n) is 3.49. The van der Waals surface area contributed by atoms with Gasteiger partial charge in [0.1, 0.15) is 0 Å². The lowest BCUT2D eigenvalue weighted by molar-refractivity contribution is 0.279. The first kappa shape index (κ1) is 13.7. The number of nitrogens with one attached hydrogen (secondary N) is 1. The third kappa shape index (κ3) is 3.06. The molecule has 2 unspecified atom stereocenters. The van der Waals surface area contributed by atoms with Crippen molar-refractivity contribution in [2.24, 2.45) is 5.92 Å². The molecule has 108 valence electrons. The highest BCUT2D eigenvalue weighted by atomic mass is 15.0. The van der Waals surface area contributed by atoms with Crippen molar-refractivity contribution in [1.29, 1.82) is 0 Å². The Balaban J connectivity index is 1.48. The van der Waals surface area contributed by atoms with Gasteiger partial charge in [-0.2, -0.15) is 0 Å². The van der Waals surface area contributed by atoms with Crippen molar-refractivity contribution >= 4 is 10.9 Å². The minimum absolute atomic E-state index is 0.755. The summed E-state index contributed by atoms with van der Waals surface area (Å²) in [5.41, 5.74) is 1.36. The van der Waals surface area contributed by atoms with Gasteiger partial charge in [0, 0.05) is 24.3 Å². The molecule has 0 amide bonds. The summed E-state index contributed by atoms with van der Waals surface area (Å²) in [6.45, 7) is 4.65. The van der Waals surface area contributed by atoms with Gasteiger partial charge in [0.25, 0.3) is 0 Å². The third-order valence-corrected chi connectivity index (χ3v) is 4.77. The second kappa shape index (κ2) is 6.45. The van der Waals surface area contributed by atoms with E-state index >= 15 is 0 Å². The molecule has 0 saturated heterocycles. The molecule has 20 heavy (non-hydrogen) atoms. The normalized spacial score (nSPS) is 23.2. The Morgan fingerprint density at radius 3 is 2.90 bits per heavy atom. The van der Waals surface area contributed by atoms with E-state index in [1.807, 2.05) is 0 Å². The highest BCUT2D eigenvalue weighted by Gasteiger charge is 2.19. The Morgan fingerprint density at radius 2 is 2.00 bits per heavy atom. The van der Waals surface area contributed by atoms with Gasteiger partial charge in [-0.05, 0) is 49.2 Å². The summed E-state index contributed by atoms with van der Waals surface area (Å²) in [7, 11) is 0. The van der Waals surface area contributed by atoms with E-state index in [9.17, 15) is 0 Å². The first-order valence-corrected chi connectivity index (χ1v) is 8.12. The van der Waals surface area contributed by atoms with Gasteiger partial charge < -0.3 is 9.88 Å². The van der Waals surface area contributed by atoms with Crippen LogP contribution in [0.4, 0.5) is 0 Å². The van der Waals surface area contributed by atoms with Crippen molar-refractivity contribution in [2.45, 2.75) is 51.6 Å². The maximum atomic E-state index is 3.77. The Labute approximate surface area is 122 Å². The van der Waals surface area contributed by atoms with Crippen LogP contribution in [-0.2, 0) is 6.54 Å². The molecule has 1 aromatic carbocycles. The molecule has 2 heteroatoms. The number of nitrogens with zero attached hydrogens (tertiary/aromatic N) is 1. The van der Waals surface area contributed by atoms with Crippen molar-refractivity contribution in [3.63, 3.8) is 0 Å². The topological polar surface area (TPSA) is 17.0 Å². The van der Waals surface area contributed by atoms with Crippen molar-refractivity contribution in [3.05, 3.63) is 36.5 Å². The van der Waals surface area contributed by atoms with Gasteiger partial charge in [0.05, 0.1) is 0 Å². The zero-order valence-corrected chi connectivity index (χ0v) is 12.5. The zero-order chi connectivity index (χ0) is 13.8. The van der Waals surface area contributed by atoms with Crippen LogP contribution in [0.25, 0.3) is 10.9 Å². The summed E-state index contributed by atoms with van der Waals surface area (Å²) in [5.74, 6) is 0.858. The zero-order valence-electron chi connectivity index (χ0n) is 12.5. The molecule has 1 heterocycles. The molecule has 3 rings (SSSR count). The van der Waals surface area contributed by atoms with E-state index in [-0.39, 0.29) is 0 Å². The maximum Gasteiger partial charge on any atom is 0.0480 e. The summed E-state index contributed by atoms with van der Waals surface area (Å²) < 4.78 is 2.38. The SMILES string of the molecule is CC1CCCCC1NCCCn1ccc2ccccc21. The van der Waals surface area contributed by atoms with E-state index in [4.69, 9.17) is 0 Å². The van der Waals surface area contributed by atoms with Crippen molar-refractivity contribution in [1.82, 2.24) is 9.88 Å². The van der Waals surface area contributed by atoms with Crippen molar-refractivity contribution < 1.29 is 0 Å². The molecule has 1 saturated carbocycles. The van der Waals surface area contributed by atoms with Crippen LogP contribution in [-0.4, -0.2) is 17.2 Å². The Kier molecular flexibility index (Phi) is 4.41. The van der Waals surface area contributed by atoms with E-state index in [0.717, 1.165) is 25.0 Å². The number of rotatable bonds is 5. The predicted molar refractivity (Wildman–Crippen MR) is 86.0 cm³/mol. The lowest BCUT2D eigenvalue weighted by Gasteiger charge is -2.29. The molecule has 0 radical (unpaired) electrons. The lowest BCUT2D eigenvalue weighted by Crippen LogP contribution is -2.37. The molecule has 1 aliphatic carbocycles. The number of aromatic nitrogens is 1. The molecule has 1 fully saturated rings. The standard InChI is InChI=1S/C18H26N2/c1-15-7-2-4-9-17(15)19-12-6-13-20-14-11-16-8-3-5-10-18(16)20/h3,5,8,10-11,14-15,17,19H,2,4,6-7,9,12-13H2,1H3. The smallest absolute Gasteiger partial charge is 0.0480 e. The van der Waals surface area contributed by atoms with Crippen LogP contribution in [0.2, 0.25) is 0 Å². The van der Waals surface area contributed by atoms with Crippen LogP contribution >= 0.6 is 0 Å². The minimum Gasteiger partial charge on any atom is -0.347 e. The third-order valence-electron chi connectivity index (χ3n) is 4.77. The molecule has 2 aromatic rings. The van der Waals surface area contributed by atoms with Gasteiger partial charge in [-0.1, -0.05) is 38.0 Å². The van der Waals surface area contributed by atoms with Crippen LogP contribution < -0.4 is 5.32 Å². The average Bonchev–Trinajstić information content (AvgIpc) is 2.89. The van der Waals surface area contributed by atoms with Crippen LogP contribution in [0.5, 0.6) is 0 Å². The second-order valence-electron chi connectivity index (χ2n) is 6.24. The Morgan fingerprint density at radius 1 is 1.15 bits per heavy atom. The number of benzene rings is 1. The van der Waals surface area contributed by atoms with Crippen LogP contribution in [0.1, 0.15) is 39.0 Å². The van der Waals surface area contributed by atoms with Crippen molar-refractivity contribution in [2.75, 3.05) is 6.54 Å². The van der Waals surface area contributed by atoms with Crippen LogP contribution in [0.15, 0.2) is 36.5 Å². The summed E-state index contributed by atoms with van der Waals surface area (Å²) in [5, 5.41) is 5.12. The number of aryl methyl sites for hydroxylation is 1. The van der Waals surface area contributed by atoms with Gasteiger partial charge >= 0.3 is 0 Å². The van der Waals surface area contributed by atoms with Crippen LogP contribution in [0.3, 0.4) is 0 Å². The van der Waals surface area contributed by atoms with E-state index in [1.54, 1.807) is 0 Å². The predicted octanol–water partition coefficient (Wildman–Crippen LogP) is 4.20. The van der Waals surface area contributed by atoms with Crippen molar-refractivity contribution in [3.8, 4) is 0 Å². The molecule has 2 nitrogen and oxygen atoms in total. The molecular formula is C18H26N2. The first-order chi connectivity index (χ1) is 9.84. The molecule has 0 bridgehead atoms. The van der Waals surface area contributed by atoms with E-state index in [0.29, 0.717) is 0 Å². The van der Waals surface area contributed by atoms with Gasteiger partial charge in [-0.15, -0.1) is 0 Å². The molecule has 1 N–H and O–H groups in total.